The van der Waals surface area contributed by atoms with Crippen LogP contribution < -0.4 is 4.90 Å². The molecule has 1 fully saturated rings. The number of carboxylic acids is 1. The van der Waals surface area contributed by atoms with Crippen LogP contribution in [0.3, 0.4) is 0 Å². The van der Waals surface area contributed by atoms with Crippen LogP contribution in [0.1, 0.15) is 43.0 Å². The molecule has 0 aromatic heterocycles. The molecule has 1 aromatic carbocycles. The van der Waals surface area contributed by atoms with Crippen LogP contribution in [-0.4, -0.2) is 28.6 Å². The molecule has 0 amide bonds. The Morgan fingerprint density at radius 2 is 2.15 bits per heavy atom. The van der Waals surface area contributed by atoms with Gasteiger partial charge < -0.3 is 10.0 Å². The van der Waals surface area contributed by atoms with E-state index in [4.69, 9.17) is 0 Å². The van der Waals surface area contributed by atoms with Gasteiger partial charge >= 0.3 is 5.97 Å². The fraction of sp³-hybridized carbons (Fsp3) is 0.500. The molecular weight excluding hydrogens is 260 g/mol. The molecule has 1 heterocycles. The number of nitrogens with zero attached hydrogens (tertiary/aromatic N) is 2. The summed E-state index contributed by atoms with van der Waals surface area (Å²) in [5.74, 6) is -1.12. The van der Waals surface area contributed by atoms with Crippen molar-refractivity contribution >= 4 is 17.3 Å². The molecule has 1 saturated heterocycles. The highest BCUT2D eigenvalue weighted by Gasteiger charge is 2.24. The minimum atomic E-state index is -1.12. The molecule has 0 bridgehead atoms. The first kappa shape index (κ1) is 14.3. The molecule has 0 saturated carbocycles. The lowest BCUT2D eigenvalue weighted by Gasteiger charge is -2.30. The lowest BCUT2D eigenvalue weighted by atomic mass is 10.1. The zero-order valence-electron chi connectivity index (χ0n) is 11.4. The van der Waals surface area contributed by atoms with Gasteiger partial charge in [-0.2, -0.15) is 0 Å². The number of anilines is 1. The van der Waals surface area contributed by atoms with Gasteiger partial charge in [0, 0.05) is 24.7 Å². The Morgan fingerprint density at radius 3 is 2.80 bits per heavy atom. The number of non-ortho nitro benzene ring substituents is 1. The summed E-state index contributed by atoms with van der Waals surface area (Å²) in [5, 5.41) is 20.1. The van der Waals surface area contributed by atoms with E-state index in [1.165, 1.54) is 6.07 Å². The molecule has 6 heteroatoms. The van der Waals surface area contributed by atoms with Gasteiger partial charge in [0.15, 0.2) is 0 Å². The first-order valence-electron chi connectivity index (χ1n) is 6.79. The number of aromatic carboxylic acids is 1. The van der Waals surface area contributed by atoms with E-state index in [1.54, 1.807) is 6.07 Å². The van der Waals surface area contributed by atoms with Crippen molar-refractivity contribution in [3.8, 4) is 0 Å². The number of nitro groups is 1. The summed E-state index contributed by atoms with van der Waals surface area (Å²) in [6.07, 6.45) is 4.29. The van der Waals surface area contributed by atoms with Crippen molar-refractivity contribution in [1.29, 1.82) is 0 Å². The Morgan fingerprint density at radius 1 is 1.40 bits per heavy atom. The largest absolute Gasteiger partial charge is 0.478 e. The molecule has 20 heavy (non-hydrogen) atoms. The van der Waals surface area contributed by atoms with Gasteiger partial charge in [0.2, 0.25) is 0 Å². The standard InChI is InChI=1S/C14H18N2O4/c1-10-5-3-2-4-8-15(10)13-7-6-11(16(19)20)9-12(13)14(17)18/h6-7,9-10H,2-5,8H2,1H3,(H,17,18). The molecule has 0 aliphatic carbocycles. The summed E-state index contributed by atoms with van der Waals surface area (Å²) >= 11 is 0. The first-order valence-corrected chi connectivity index (χ1v) is 6.79. The van der Waals surface area contributed by atoms with E-state index in [1.807, 2.05) is 0 Å². The average molecular weight is 278 g/mol. The molecule has 1 aliphatic heterocycles. The normalized spacial score (nSPS) is 19.4. The van der Waals surface area contributed by atoms with Crippen LogP contribution in [0, 0.1) is 10.1 Å². The maximum atomic E-state index is 11.4. The third-order valence-corrected chi connectivity index (χ3v) is 3.78. The van der Waals surface area contributed by atoms with E-state index in [0.29, 0.717) is 5.69 Å². The molecule has 1 N–H and O–H groups in total. The van der Waals surface area contributed by atoms with E-state index in [-0.39, 0.29) is 17.3 Å². The topological polar surface area (TPSA) is 83.7 Å². The zero-order chi connectivity index (χ0) is 14.7. The Labute approximate surface area is 117 Å². The number of nitro benzene ring substituents is 1. The van der Waals surface area contributed by atoms with Crippen molar-refractivity contribution in [2.45, 2.75) is 38.6 Å². The second-order valence-electron chi connectivity index (χ2n) is 5.16. The highest BCUT2D eigenvalue weighted by molar-refractivity contribution is 5.95. The van der Waals surface area contributed by atoms with E-state index in [9.17, 15) is 20.0 Å². The maximum Gasteiger partial charge on any atom is 0.338 e. The van der Waals surface area contributed by atoms with Gasteiger partial charge in [0.1, 0.15) is 0 Å². The fourth-order valence-electron chi connectivity index (χ4n) is 2.69. The summed E-state index contributed by atoms with van der Waals surface area (Å²) in [6, 6.07) is 4.33. The third-order valence-electron chi connectivity index (χ3n) is 3.78. The lowest BCUT2D eigenvalue weighted by Crippen LogP contribution is -2.33. The van der Waals surface area contributed by atoms with Crippen molar-refractivity contribution in [3.05, 3.63) is 33.9 Å². The van der Waals surface area contributed by atoms with E-state index in [0.717, 1.165) is 38.3 Å². The number of hydrogen-bond acceptors (Lipinski definition) is 4. The van der Waals surface area contributed by atoms with Crippen LogP contribution in [0.5, 0.6) is 0 Å². The minimum Gasteiger partial charge on any atom is -0.478 e. The highest BCUT2D eigenvalue weighted by Crippen LogP contribution is 2.30. The average Bonchev–Trinajstić information content (AvgIpc) is 2.62. The summed E-state index contributed by atoms with van der Waals surface area (Å²) < 4.78 is 0. The van der Waals surface area contributed by atoms with Crippen molar-refractivity contribution < 1.29 is 14.8 Å². The zero-order valence-corrected chi connectivity index (χ0v) is 11.4. The Bertz CT molecular complexity index is 530. The van der Waals surface area contributed by atoms with Gasteiger partial charge in [-0.15, -0.1) is 0 Å². The van der Waals surface area contributed by atoms with Gasteiger partial charge in [-0.3, -0.25) is 10.1 Å². The molecule has 0 spiro atoms. The van der Waals surface area contributed by atoms with E-state index in [2.05, 4.69) is 11.8 Å². The summed E-state index contributed by atoms with van der Waals surface area (Å²) in [5.41, 5.74) is 0.402. The smallest absolute Gasteiger partial charge is 0.338 e. The summed E-state index contributed by atoms with van der Waals surface area (Å²) in [6.45, 7) is 2.86. The summed E-state index contributed by atoms with van der Waals surface area (Å²) in [4.78, 5) is 23.7. The lowest BCUT2D eigenvalue weighted by molar-refractivity contribution is -0.384. The highest BCUT2D eigenvalue weighted by atomic mass is 16.6. The van der Waals surface area contributed by atoms with Crippen LogP contribution in [0.2, 0.25) is 0 Å². The molecule has 1 atom stereocenters. The molecule has 2 rings (SSSR count). The molecular formula is C14H18N2O4. The molecule has 1 aromatic rings. The predicted octanol–water partition coefficient (Wildman–Crippen LogP) is 3.06. The van der Waals surface area contributed by atoms with Crippen molar-refractivity contribution in [3.63, 3.8) is 0 Å². The number of hydrogen-bond donors (Lipinski definition) is 1. The molecule has 108 valence electrons. The molecule has 1 unspecified atom stereocenters. The van der Waals surface area contributed by atoms with Gasteiger partial charge in [0.05, 0.1) is 16.2 Å². The second kappa shape index (κ2) is 5.90. The molecule has 6 nitrogen and oxygen atoms in total. The number of benzene rings is 1. The number of carboxylic acid groups (broad SMARTS) is 1. The van der Waals surface area contributed by atoms with Crippen molar-refractivity contribution in [1.82, 2.24) is 0 Å². The SMILES string of the molecule is CC1CCCCCN1c1ccc([N+](=O)[O-])cc1C(=O)O. The Kier molecular flexibility index (Phi) is 4.22. The first-order chi connectivity index (χ1) is 9.50. The predicted molar refractivity (Wildman–Crippen MR) is 75.3 cm³/mol. The van der Waals surface area contributed by atoms with Gasteiger partial charge in [-0.25, -0.2) is 4.79 Å². The minimum absolute atomic E-state index is 0.00736. The van der Waals surface area contributed by atoms with Crippen LogP contribution >= 0.6 is 0 Å². The number of rotatable bonds is 3. The third kappa shape index (κ3) is 2.89. The molecule has 1 aliphatic rings. The van der Waals surface area contributed by atoms with Gasteiger partial charge in [-0.1, -0.05) is 12.8 Å². The molecule has 0 radical (unpaired) electrons. The van der Waals surface area contributed by atoms with Crippen LogP contribution in [-0.2, 0) is 0 Å². The number of carbonyl (C=O) groups is 1. The maximum absolute atomic E-state index is 11.4. The van der Waals surface area contributed by atoms with Gasteiger partial charge in [-0.05, 0) is 25.8 Å². The second-order valence-corrected chi connectivity index (χ2v) is 5.16. The monoisotopic (exact) mass is 278 g/mol. The van der Waals surface area contributed by atoms with Crippen molar-refractivity contribution in [2.24, 2.45) is 0 Å². The quantitative estimate of drug-likeness (QED) is 0.678. The van der Waals surface area contributed by atoms with Crippen LogP contribution in [0.15, 0.2) is 18.2 Å². The summed E-state index contributed by atoms with van der Waals surface area (Å²) in [7, 11) is 0. The Hall–Kier alpha value is -2.11. The van der Waals surface area contributed by atoms with Gasteiger partial charge in [0.25, 0.3) is 5.69 Å². The van der Waals surface area contributed by atoms with Crippen molar-refractivity contribution in [2.75, 3.05) is 11.4 Å². The fourth-order valence-corrected chi connectivity index (χ4v) is 2.69. The van der Waals surface area contributed by atoms with E-state index >= 15 is 0 Å². The Balaban J connectivity index is 2.43. The van der Waals surface area contributed by atoms with Crippen LogP contribution in [0.25, 0.3) is 0 Å². The van der Waals surface area contributed by atoms with Crippen LogP contribution in [0.4, 0.5) is 11.4 Å². The van der Waals surface area contributed by atoms with E-state index < -0.39 is 10.9 Å².